The van der Waals surface area contributed by atoms with Gasteiger partial charge in [-0.15, -0.1) is 0 Å². The molecule has 1 fully saturated rings. The van der Waals surface area contributed by atoms with Crippen molar-refractivity contribution in [3.63, 3.8) is 0 Å². The molecule has 2 N–H and O–H groups in total. The van der Waals surface area contributed by atoms with Gasteiger partial charge in [0.15, 0.2) is 0 Å². The lowest BCUT2D eigenvalue weighted by Crippen LogP contribution is -2.39. The van der Waals surface area contributed by atoms with Gasteiger partial charge in [-0.1, -0.05) is 12.1 Å². The fourth-order valence-electron chi connectivity index (χ4n) is 3.70. The number of hydrogen-bond acceptors (Lipinski definition) is 6. The summed E-state index contributed by atoms with van der Waals surface area (Å²) in [4.78, 5) is 35.2. The standard InChI is InChI=1S/C22H24N6O2/c1-14-12-15(2)24-22(23-14)28-10-8-16(9-11-28)21(30)25-18-5-3-4-17(13-18)19-6-7-20(29)27-26-19/h3-7,12-13,16H,8-11H2,1-2H3,(H,25,30)(H,27,29). The van der Waals surface area contributed by atoms with Gasteiger partial charge in [0.1, 0.15) is 0 Å². The zero-order chi connectivity index (χ0) is 21.1. The highest BCUT2D eigenvalue weighted by Gasteiger charge is 2.26. The normalized spacial score (nSPS) is 14.5. The van der Waals surface area contributed by atoms with E-state index in [1.165, 1.54) is 6.07 Å². The van der Waals surface area contributed by atoms with Crippen molar-refractivity contribution >= 4 is 17.5 Å². The number of aromatic nitrogens is 4. The number of amides is 1. The number of aryl methyl sites for hydroxylation is 2. The van der Waals surface area contributed by atoms with Crippen LogP contribution in [-0.2, 0) is 4.79 Å². The van der Waals surface area contributed by atoms with Crippen LogP contribution < -0.4 is 15.8 Å². The number of anilines is 2. The van der Waals surface area contributed by atoms with Crippen LogP contribution in [0.5, 0.6) is 0 Å². The molecule has 3 aromatic rings. The highest BCUT2D eigenvalue weighted by molar-refractivity contribution is 5.93. The summed E-state index contributed by atoms with van der Waals surface area (Å²) < 4.78 is 0. The minimum Gasteiger partial charge on any atom is -0.341 e. The van der Waals surface area contributed by atoms with E-state index >= 15 is 0 Å². The van der Waals surface area contributed by atoms with Crippen LogP contribution in [0.4, 0.5) is 11.6 Å². The average Bonchev–Trinajstić information content (AvgIpc) is 2.74. The van der Waals surface area contributed by atoms with Crippen molar-refractivity contribution in [2.75, 3.05) is 23.3 Å². The molecule has 0 aliphatic carbocycles. The largest absolute Gasteiger partial charge is 0.341 e. The lowest BCUT2D eigenvalue weighted by Gasteiger charge is -2.31. The molecule has 2 aromatic heterocycles. The summed E-state index contributed by atoms with van der Waals surface area (Å²) in [5.74, 6) is 0.706. The number of nitrogens with one attached hydrogen (secondary N) is 2. The molecule has 1 aliphatic heterocycles. The van der Waals surface area contributed by atoms with Crippen LogP contribution in [0.2, 0.25) is 0 Å². The van der Waals surface area contributed by atoms with Gasteiger partial charge in [0.2, 0.25) is 11.9 Å². The molecule has 1 aliphatic rings. The van der Waals surface area contributed by atoms with E-state index in [2.05, 4.69) is 30.4 Å². The van der Waals surface area contributed by atoms with Gasteiger partial charge in [-0.2, -0.15) is 5.10 Å². The molecule has 1 aromatic carbocycles. The Morgan fingerprint density at radius 3 is 2.47 bits per heavy atom. The Bertz CT molecular complexity index is 1080. The van der Waals surface area contributed by atoms with Gasteiger partial charge in [0.25, 0.3) is 5.56 Å². The third-order valence-corrected chi connectivity index (χ3v) is 5.22. The Kier molecular flexibility index (Phi) is 5.56. The maximum atomic E-state index is 12.8. The summed E-state index contributed by atoms with van der Waals surface area (Å²) in [7, 11) is 0. The molecule has 154 valence electrons. The highest BCUT2D eigenvalue weighted by atomic mass is 16.2. The van der Waals surface area contributed by atoms with E-state index in [0.29, 0.717) is 11.4 Å². The van der Waals surface area contributed by atoms with Crippen LogP contribution in [0.15, 0.2) is 47.3 Å². The second kappa shape index (κ2) is 8.44. The van der Waals surface area contributed by atoms with E-state index in [1.54, 1.807) is 6.07 Å². The van der Waals surface area contributed by atoms with Gasteiger partial charge in [0, 0.05) is 47.7 Å². The molecule has 30 heavy (non-hydrogen) atoms. The Balaban J connectivity index is 1.39. The Morgan fingerprint density at radius 1 is 1.07 bits per heavy atom. The molecule has 0 unspecified atom stereocenters. The second-order valence-electron chi connectivity index (χ2n) is 7.59. The van der Waals surface area contributed by atoms with E-state index in [-0.39, 0.29) is 17.4 Å². The summed E-state index contributed by atoms with van der Waals surface area (Å²) in [6, 6.07) is 12.5. The average molecular weight is 404 g/mol. The summed E-state index contributed by atoms with van der Waals surface area (Å²) >= 11 is 0. The van der Waals surface area contributed by atoms with Crippen LogP contribution in [0.1, 0.15) is 24.2 Å². The minimum atomic E-state index is -0.249. The van der Waals surface area contributed by atoms with E-state index in [1.807, 2.05) is 44.2 Å². The first-order chi connectivity index (χ1) is 14.5. The number of carbonyl (C=O) groups is 1. The van der Waals surface area contributed by atoms with Gasteiger partial charge < -0.3 is 10.2 Å². The molecule has 1 amide bonds. The number of rotatable bonds is 4. The quantitative estimate of drug-likeness (QED) is 0.693. The summed E-state index contributed by atoms with van der Waals surface area (Å²) in [6.45, 7) is 5.44. The third-order valence-electron chi connectivity index (χ3n) is 5.22. The first-order valence-electron chi connectivity index (χ1n) is 10.0. The van der Waals surface area contributed by atoms with Crippen LogP contribution in [-0.4, -0.2) is 39.2 Å². The maximum Gasteiger partial charge on any atom is 0.264 e. The Hall–Kier alpha value is -3.55. The second-order valence-corrected chi connectivity index (χ2v) is 7.59. The van der Waals surface area contributed by atoms with Crippen LogP contribution in [0.3, 0.4) is 0 Å². The highest BCUT2D eigenvalue weighted by Crippen LogP contribution is 2.24. The van der Waals surface area contributed by atoms with Crippen molar-refractivity contribution in [2.45, 2.75) is 26.7 Å². The van der Waals surface area contributed by atoms with Crippen molar-refractivity contribution in [1.29, 1.82) is 0 Å². The Labute approximate surface area is 174 Å². The monoisotopic (exact) mass is 404 g/mol. The predicted octanol–water partition coefficient (Wildman–Crippen LogP) is 2.70. The number of aromatic amines is 1. The van der Waals surface area contributed by atoms with Gasteiger partial charge in [0.05, 0.1) is 5.69 Å². The molecule has 0 atom stereocenters. The van der Waals surface area contributed by atoms with Gasteiger partial charge in [-0.3, -0.25) is 9.59 Å². The summed E-state index contributed by atoms with van der Waals surface area (Å²) in [5.41, 5.74) is 3.84. The summed E-state index contributed by atoms with van der Waals surface area (Å²) in [6.07, 6.45) is 1.51. The van der Waals surface area contributed by atoms with Crippen LogP contribution >= 0.6 is 0 Å². The summed E-state index contributed by atoms with van der Waals surface area (Å²) in [5, 5.41) is 9.49. The van der Waals surface area contributed by atoms with E-state index in [4.69, 9.17) is 0 Å². The molecule has 1 saturated heterocycles. The SMILES string of the molecule is Cc1cc(C)nc(N2CCC(C(=O)Nc3cccc(-c4ccc(=O)[nH]n4)c3)CC2)n1. The minimum absolute atomic E-state index is 0.0163. The molecular weight excluding hydrogens is 380 g/mol. The molecule has 4 rings (SSSR count). The van der Waals surface area contributed by atoms with Gasteiger partial charge >= 0.3 is 0 Å². The zero-order valence-corrected chi connectivity index (χ0v) is 17.1. The van der Waals surface area contributed by atoms with Crippen LogP contribution in [0.25, 0.3) is 11.3 Å². The fraction of sp³-hybridized carbons (Fsp3) is 0.318. The van der Waals surface area contributed by atoms with Crippen LogP contribution in [0, 0.1) is 19.8 Å². The molecule has 8 heteroatoms. The molecule has 3 heterocycles. The Morgan fingerprint density at radius 2 is 1.80 bits per heavy atom. The molecule has 8 nitrogen and oxygen atoms in total. The van der Waals surface area contributed by atoms with Crippen molar-refractivity contribution in [1.82, 2.24) is 20.2 Å². The first kappa shape index (κ1) is 19.8. The van der Waals surface area contributed by atoms with E-state index in [0.717, 1.165) is 48.8 Å². The van der Waals surface area contributed by atoms with Crippen molar-refractivity contribution in [3.05, 3.63) is 64.2 Å². The van der Waals surface area contributed by atoms with E-state index < -0.39 is 0 Å². The van der Waals surface area contributed by atoms with Crippen molar-refractivity contribution in [2.24, 2.45) is 5.92 Å². The number of carbonyl (C=O) groups excluding carboxylic acids is 1. The maximum absolute atomic E-state index is 12.8. The molecular formula is C22H24N6O2. The lowest BCUT2D eigenvalue weighted by molar-refractivity contribution is -0.120. The zero-order valence-electron chi connectivity index (χ0n) is 17.1. The van der Waals surface area contributed by atoms with E-state index in [9.17, 15) is 9.59 Å². The molecule has 0 spiro atoms. The molecule has 0 radical (unpaired) electrons. The smallest absolute Gasteiger partial charge is 0.264 e. The topological polar surface area (TPSA) is 104 Å². The predicted molar refractivity (Wildman–Crippen MR) is 115 cm³/mol. The molecule has 0 saturated carbocycles. The van der Waals surface area contributed by atoms with Crippen molar-refractivity contribution < 1.29 is 4.79 Å². The fourth-order valence-corrected chi connectivity index (χ4v) is 3.70. The van der Waals surface area contributed by atoms with Gasteiger partial charge in [-0.25, -0.2) is 15.1 Å². The first-order valence-corrected chi connectivity index (χ1v) is 10.0. The number of hydrogen-bond donors (Lipinski definition) is 2. The number of H-pyrrole nitrogens is 1. The van der Waals surface area contributed by atoms with Crippen molar-refractivity contribution in [3.8, 4) is 11.3 Å². The molecule has 0 bridgehead atoms. The number of nitrogens with zero attached hydrogens (tertiary/aromatic N) is 4. The lowest BCUT2D eigenvalue weighted by atomic mass is 9.96. The third kappa shape index (κ3) is 4.53. The number of benzene rings is 1. The van der Waals surface area contributed by atoms with Gasteiger partial charge in [-0.05, 0) is 51.0 Å². The number of piperidine rings is 1.